The summed E-state index contributed by atoms with van der Waals surface area (Å²) < 4.78 is 9.96. The Balaban J connectivity index is 4.82. The fourth-order valence-corrected chi connectivity index (χ4v) is 1.21. The third-order valence-electron chi connectivity index (χ3n) is 2.05. The maximum absolute atomic E-state index is 11.5. The summed E-state index contributed by atoms with van der Waals surface area (Å²) in [5, 5.41) is 0. The van der Waals surface area contributed by atoms with Gasteiger partial charge in [0.1, 0.15) is 5.94 Å². The lowest BCUT2D eigenvalue weighted by Gasteiger charge is -2.20. The molecule has 0 bridgehead atoms. The Morgan fingerprint density at radius 1 is 1.38 bits per heavy atom. The van der Waals surface area contributed by atoms with Crippen LogP contribution < -0.4 is 0 Å². The summed E-state index contributed by atoms with van der Waals surface area (Å²) in [6, 6.07) is 0. The number of hydrogen-bond acceptors (Lipinski definition) is 5. The molecular weight excluding hydrogens is 212 g/mol. The fourth-order valence-electron chi connectivity index (χ4n) is 1.21. The van der Waals surface area contributed by atoms with Crippen LogP contribution in [0.4, 0.5) is 0 Å². The first-order valence-corrected chi connectivity index (χ1v) is 5.10. The molecule has 0 N–H and O–H groups in total. The van der Waals surface area contributed by atoms with Gasteiger partial charge >= 0.3 is 5.97 Å². The Morgan fingerprint density at radius 3 is 2.38 bits per heavy atom. The van der Waals surface area contributed by atoms with Crippen LogP contribution in [0.2, 0.25) is 0 Å². The van der Waals surface area contributed by atoms with Crippen molar-refractivity contribution in [2.45, 2.75) is 26.9 Å². The van der Waals surface area contributed by atoms with Crippen molar-refractivity contribution >= 4 is 18.2 Å². The van der Waals surface area contributed by atoms with E-state index in [2.05, 4.69) is 0 Å². The number of hydrogen-bond donors (Lipinski definition) is 0. The van der Waals surface area contributed by atoms with Crippen LogP contribution in [0, 0.1) is 5.92 Å². The van der Waals surface area contributed by atoms with Crippen molar-refractivity contribution < 1.29 is 23.9 Å². The average molecular weight is 228 g/mol. The van der Waals surface area contributed by atoms with Gasteiger partial charge in [0.05, 0.1) is 12.2 Å². The zero-order valence-corrected chi connectivity index (χ0v) is 9.69. The van der Waals surface area contributed by atoms with Crippen molar-refractivity contribution in [1.29, 1.82) is 0 Å². The van der Waals surface area contributed by atoms with Gasteiger partial charge in [-0.2, -0.15) is 0 Å². The predicted octanol–water partition coefficient (Wildman–Crippen LogP) is 0.548. The monoisotopic (exact) mass is 228 g/mol. The average Bonchev–Trinajstić information content (AvgIpc) is 2.27. The number of esters is 1. The molecule has 0 radical (unpaired) electrons. The minimum Gasteiger partial charge on any atom is -0.464 e. The van der Waals surface area contributed by atoms with Crippen LogP contribution in [0.3, 0.4) is 0 Å². The van der Waals surface area contributed by atoms with Gasteiger partial charge in [-0.1, -0.05) is 6.92 Å². The summed E-state index contributed by atoms with van der Waals surface area (Å²) >= 11 is 0. The van der Waals surface area contributed by atoms with Gasteiger partial charge in [-0.3, -0.25) is 4.79 Å². The van der Waals surface area contributed by atoms with Gasteiger partial charge in [0.2, 0.25) is 0 Å². The standard InChI is InChI=1S/C11H16O5/c1-4-15-10(11(14)16-5-2)8(3)9(6-12)7-13/h6,8,10H,4-5H2,1-3H3. The predicted molar refractivity (Wildman–Crippen MR) is 56.5 cm³/mol. The first-order valence-electron chi connectivity index (χ1n) is 5.10. The molecule has 0 heterocycles. The molecule has 0 rings (SSSR count). The molecule has 0 aromatic rings. The van der Waals surface area contributed by atoms with E-state index in [-0.39, 0.29) is 12.2 Å². The Labute approximate surface area is 94.4 Å². The van der Waals surface area contributed by atoms with E-state index in [9.17, 15) is 14.4 Å². The summed E-state index contributed by atoms with van der Waals surface area (Å²) in [5.41, 5.74) is -0.133. The lowest BCUT2D eigenvalue weighted by molar-refractivity contribution is -0.158. The van der Waals surface area contributed by atoms with Gasteiger partial charge < -0.3 is 9.47 Å². The highest BCUT2D eigenvalue weighted by atomic mass is 16.6. The molecule has 5 nitrogen and oxygen atoms in total. The van der Waals surface area contributed by atoms with Crippen LogP contribution in [-0.4, -0.2) is 37.5 Å². The van der Waals surface area contributed by atoms with Crippen LogP contribution in [0.1, 0.15) is 20.8 Å². The SMILES string of the molecule is CCOC(=O)C(OCC)C(C)C(=C=O)C=O. The van der Waals surface area contributed by atoms with E-state index >= 15 is 0 Å². The highest BCUT2D eigenvalue weighted by molar-refractivity contribution is 5.88. The van der Waals surface area contributed by atoms with Gasteiger partial charge in [-0.25, -0.2) is 9.59 Å². The van der Waals surface area contributed by atoms with Gasteiger partial charge in [-0.05, 0) is 13.8 Å². The lowest BCUT2D eigenvalue weighted by atomic mass is 9.97. The first-order chi connectivity index (χ1) is 7.62. The Kier molecular flexibility index (Phi) is 7.09. The molecule has 0 amide bonds. The summed E-state index contributed by atoms with van der Waals surface area (Å²) in [5.74, 6) is 0.262. The minimum absolute atomic E-state index is 0.133. The lowest BCUT2D eigenvalue weighted by Crippen LogP contribution is -2.34. The zero-order valence-electron chi connectivity index (χ0n) is 9.69. The second-order valence-electron chi connectivity index (χ2n) is 3.09. The van der Waals surface area contributed by atoms with Crippen molar-refractivity contribution in [3.63, 3.8) is 0 Å². The highest BCUT2D eigenvalue weighted by Gasteiger charge is 2.30. The Bertz CT molecular complexity index is 291. The topological polar surface area (TPSA) is 69.7 Å². The molecule has 0 fully saturated rings. The first kappa shape index (κ1) is 14.6. The van der Waals surface area contributed by atoms with Crippen molar-refractivity contribution in [3.8, 4) is 0 Å². The molecule has 0 aliphatic carbocycles. The van der Waals surface area contributed by atoms with Crippen molar-refractivity contribution in [2.75, 3.05) is 13.2 Å². The maximum Gasteiger partial charge on any atom is 0.335 e. The smallest absolute Gasteiger partial charge is 0.335 e. The quantitative estimate of drug-likeness (QED) is 0.275. The van der Waals surface area contributed by atoms with Crippen LogP contribution in [0.15, 0.2) is 5.57 Å². The summed E-state index contributed by atoms with van der Waals surface area (Å²) in [7, 11) is 0. The molecule has 16 heavy (non-hydrogen) atoms. The third kappa shape index (κ3) is 3.96. The van der Waals surface area contributed by atoms with E-state index in [0.29, 0.717) is 12.9 Å². The van der Waals surface area contributed by atoms with E-state index in [1.807, 2.05) is 0 Å². The molecule has 0 aromatic carbocycles. The summed E-state index contributed by atoms with van der Waals surface area (Å²) in [6.45, 7) is 5.44. The largest absolute Gasteiger partial charge is 0.464 e. The van der Waals surface area contributed by atoms with Crippen LogP contribution in [0.25, 0.3) is 0 Å². The highest BCUT2D eigenvalue weighted by Crippen LogP contribution is 2.15. The zero-order chi connectivity index (χ0) is 12.6. The van der Waals surface area contributed by atoms with Crippen molar-refractivity contribution in [1.82, 2.24) is 0 Å². The van der Waals surface area contributed by atoms with Crippen LogP contribution >= 0.6 is 0 Å². The second-order valence-corrected chi connectivity index (χ2v) is 3.09. The Hall–Kier alpha value is -1.45. The second kappa shape index (κ2) is 7.79. The normalized spacial score (nSPS) is 13.4. The molecule has 2 unspecified atom stereocenters. The molecule has 0 saturated carbocycles. The molecular formula is C11H16O5. The molecule has 0 saturated heterocycles. The molecule has 0 aromatic heterocycles. The van der Waals surface area contributed by atoms with E-state index in [1.54, 1.807) is 20.8 Å². The van der Waals surface area contributed by atoms with E-state index in [1.165, 1.54) is 5.94 Å². The molecule has 5 heteroatoms. The molecule has 2 atom stereocenters. The van der Waals surface area contributed by atoms with Gasteiger partial charge in [0.25, 0.3) is 0 Å². The van der Waals surface area contributed by atoms with Crippen LogP contribution in [0.5, 0.6) is 0 Å². The van der Waals surface area contributed by atoms with E-state index < -0.39 is 18.0 Å². The van der Waals surface area contributed by atoms with E-state index in [0.717, 1.165) is 0 Å². The third-order valence-corrected chi connectivity index (χ3v) is 2.05. The van der Waals surface area contributed by atoms with Crippen molar-refractivity contribution in [3.05, 3.63) is 5.57 Å². The van der Waals surface area contributed by atoms with Crippen LogP contribution in [-0.2, 0) is 23.9 Å². The number of carbonyl (C=O) groups is 2. The van der Waals surface area contributed by atoms with Gasteiger partial charge in [0.15, 0.2) is 12.4 Å². The molecule has 0 aliphatic rings. The molecule has 0 spiro atoms. The van der Waals surface area contributed by atoms with Gasteiger partial charge in [-0.15, -0.1) is 0 Å². The maximum atomic E-state index is 11.5. The minimum atomic E-state index is -0.938. The molecule has 90 valence electrons. The number of rotatable bonds is 7. The van der Waals surface area contributed by atoms with E-state index in [4.69, 9.17) is 9.47 Å². The Morgan fingerprint density at radius 2 is 2.00 bits per heavy atom. The summed E-state index contributed by atoms with van der Waals surface area (Å²) in [6.07, 6.45) is -0.560. The summed E-state index contributed by atoms with van der Waals surface area (Å²) in [4.78, 5) is 32.5. The number of aldehydes is 1. The van der Waals surface area contributed by atoms with Crippen molar-refractivity contribution in [2.24, 2.45) is 5.92 Å². The number of carbonyl (C=O) groups excluding carboxylic acids is 3. The molecule has 0 aliphatic heterocycles. The van der Waals surface area contributed by atoms with Gasteiger partial charge in [0, 0.05) is 12.5 Å². The fraction of sp³-hybridized carbons (Fsp3) is 0.636. The number of ether oxygens (including phenoxy) is 2.